The molecule has 2 rings (SSSR count). The number of nitrogens with zero attached hydrogens (tertiary/aromatic N) is 3. The number of methoxy groups -OCH3 is 3. The quantitative estimate of drug-likeness (QED) is 0.718. The van der Waals surface area contributed by atoms with Crippen molar-refractivity contribution in [3.8, 4) is 17.2 Å². The van der Waals surface area contributed by atoms with E-state index in [1.54, 1.807) is 12.1 Å². The number of hydrogen-bond donors (Lipinski definition) is 1. The van der Waals surface area contributed by atoms with Crippen molar-refractivity contribution in [1.29, 1.82) is 0 Å². The number of anilines is 1. The molecule has 1 aromatic carbocycles. The van der Waals surface area contributed by atoms with E-state index in [4.69, 9.17) is 14.2 Å². The van der Waals surface area contributed by atoms with Gasteiger partial charge in [0.2, 0.25) is 11.7 Å². The second kappa shape index (κ2) is 8.61. The first-order valence-electron chi connectivity index (χ1n) is 7.66. The molecule has 0 aliphatic carbocycles. The molecule has 0 atom stereocenters. The van der Waals surface area contributed by atoms with E-state index in [1.807, 2.05) is 18.4 Å². The fourth-order valence-corrected chi connectivity index (χ4v) is 3.16. The van der Waals surface area contributed by atoms with Crippen molar-refractivity contribution in [3.63, 3.8) is 0 Å². The van der Waals surface area contributed by atoms with Crippen LogP contribution in [0.15, 0.2) is 17.3 Å². The third kappa shape index (κ3) is 4.36. The van der Waals surface area contributed by atoms with E-state index in [2.05, 4.69) is 15.5 Å². The van der Waals surface area contributed by atoms with Gasteiger partial charge in [-0.15, -0.1) is 10.2 Å². The summed E-state index contributed by atoms with van der Waals surface area (Å²) in [6.45, 7) is 4.66. The molecule has 0 fully saturated rings. The monoisotopic (exact) mass is 366 g/mol. The third-order valence-corrected chi connectivity index (χ3v) is 4.47. The van der Waals surface area contributed by atoms with Crippen molar-refractivity contribution in [2.24, 2.45) is 0 Å². The summed E-state index contributed by atoms with van der Waals surface area (Å²) >= 11 is 1.34. The minimum atomic E-state index is -0.164. The summed E-state index contributed by atoms with van der Waals surface area (Å²) in [5.74, 6) is 2.31. The normalized spacial score (nSPS) is 10.4. The number of carbonyl (C=O) groups is 1. The van der Waals surface area contributed by atoms with Crippen LogP contribution in [0.5, 0.6) is 17.2 Å². The number of ether oxygens (including phenoxy) is 3. The van der Waals surface area contributed by atoms with Gasteiger partial charge in [-0.25, -0.2) is 0 Å². The van der Waals surface area contributed by atoms with Crippen LogP contribution in [0, 0.1) is 6.92 Å². The van der Waals surface area contributed by atoms with E-state index in [0.29, 0.717) is 22.9 Å². The Morgan fingerprint density at radius 1 is 1.16 bits per heavy atom. The smallest absolute Gasteiger partial charge is 0.234 e. The van der Waals surface area contributed by atoms with Crippen LogP contribution in [0.25, 0.3) is 0 Å². The lowest BCUT2D eigenvalue weighted by molar-refractivity contribution is -0.113. The second-order valence-electron chi connectivity index (χ2n) is 5.02. The van der Waals surface area contributed by atoms with Gasteiger partial charge in [-0.1, -0.05) is 11.8 Å². The molecule has 136 valence electrons. The predicted octanol–water partition coefficient (Wildman–Crippen LogP) is 2.36. The molecule has 0 aliphatic heterocycles. The highest BCUT2D eigenvalue weighted by atomic mass is 32.2. The summed E-state index contributed by atoms with van der Waals surface area (Å²) < 4.78 is 17.8. The zero-order chi connectivity index (χ0) is 18.4. The van der Waals surface area contributed by atoms with Gasteiger partial charge in [0.1, 0.15) is 5.82 Å². The molecule has 1 N–H and O–H groups in total. The summed E-state index contributed by atoms with van der Waals surface area (Å²) in [4.78, 5) is 12.2. The number of aryl methyl sites for hydroxylation is 1. The van der Waals surface area contributed by atoms with E-state index in [-0.39, 0.29) is 11.7 Å². The van der Waals surface area contributed by atoms with Crippen molar-refractivity contribution in [2.45, 2.75) is 25.5 Å². The minimum Gasteiger partial charge on any atom is -0.493 e. The summed E-state index contributed by atoms with van der Waals surface area (Å²) in [5, 5.41) is 11.7. The maximum Gasteiger partial charge on any atom is 0.234 e. The van der Waals surface area contributed by atoms with Crippen LogP contribution in [0.2, 0.25) is 0 Å². The van der Waals surface area contributed by atoms with Crippen molar-refractivity contribution >= 4 is 23.4 Å². The predicted molar refractivity (Wildman–Crippen MR) is 95.9 cm³/mol. The van der Waals surface area contributed by atoms with E-state index in [0.717, 1.165) is 17.5 Å². The highest BCUT2D eigenvalue weighted by Gasteiger charge is 2.15. The zero-order valence-corrected chi connectivity index (χ0v) is 15.8. The van der Waals surface area contributed by atoms with Gasteiger partial charge in [0, 0.05) is 24.4 Å². The first-order chi connectivity index (χ1) is 12.0. The average molecular weight is 366 g/mol. The van der Waals surface area contributed by atoms with Gasteiger partial charge in [0.15, 0.2) is 16.7 Å². The molecule has 0 unspecified atom stereocenters. The van der Waals surface area contributed by atoms with Gasteiger partial charge in [-0.05, 0) is 13.8 Å². The maximum absolute atomic E-state index is 12.2. The van der Waals surface area contributed by atoms with Crippen molar-refractivity contribution < 1.29 is 19.0 Å². The summed E-state index contributed by atoms with van der Waals surface area (Å²) in [6, 6.07) is 3.37. The molecule has 8 nitrogen and oxygen atoms in total. The van der Waals surface area contributed by atoms with Gasteiger partial charge in [0.25, 0.3) is 0 Å². The molecular formula is C16H22N4O4S. The SMILES string of the molecule is CCn1c(C)nnc1SCC(=O)Nc1cc(OC)c(OC)c(OC)c1. The number of thioether (sulfide) groups is 1. The fraction of sp³-hybridized carbons (Fsp3) is 0.438. The maximum atomic E-state index is 12.2. The molecule has 0 saturated carbocycles. The van der Waals surface area contributed by atoms with Crippen LogP contribution >= 0.6 is 11.8 Å². The fourth-order valence-electron chi connectivity index (χ4n) is 2.31. The van der Waals surface area contributed by atoms with Crippen molar-refractivity contribution in [3.05, 3.63) is 18.0 Å². The molecule has 1 amide bonds. The molecule has 0 saturated heterocycles. The number of nitrogens with one attached hydrogen (secondary N) is 1. The van der Waals surface area contributed by atoms with Gasteiger partial charge in [-0.3, -0.25) is 4.79 Å². The number of benzene rings is 1. The zero-order valence-electron chi connectivity index (χ0n) is 15.0. The Bertz CT molecular complexity index is 723. The Hall–Kier alpha value is -2.42. The van der Waals surface area contributed by atoms with Crippen molar-refractivity contribution in [2.75, 3.05) is 32.4 Å². The molecule has 25 heavy (non-hydrogen) atoms. The molecule has 0 aliphatic rings. The Morgan fingerprint density at radius 2 is 1.80 bits per heavy atom. The molecular weight excluding hydrogens is 344 g/mol. The average Bonchev–Trinajstić information content (AvgIpc) is 2.98. The Morgan fingerprint density at radius 3 is 2.32 bits per heavy atom. The number of aromatic nitrogens is 3. The number of amides is 1. The first-order valence-corrected chi connectivity index (χ1v) is 8.65. The minimum absolute atomic E-state index is 0.164. The molecule has 1 aromatic heterocycles. The topological polar surface area (TPSA) is 87.5 Å². The lowest BCUT2D eigenvalue weighted by Gasteiger charge is -2.14. The lowest BCUT2D eigenvalue weighted by atomic mass is 10.2. The van der Waals surface area contributed by atoms with Gasteiger partial charge in [0.05, 0.1) is 27.1 Å². The molecule has 0 spiro atoms. The molecule has 0 bridgehead atoms. The van der Waals surface area contributed by atoms with Gasteiger partial charge < -0.3 is 24.1 Å². The van der Waals surface area contributed by atoms with E-state index in [9.17, 15) is 4.79 Å². The number of carbonyl (C=O) groups excluding carboxylic acids is 1. The first kappa shape index (κ1) is 18.9. The molecule has 1 heterocycles. The Balaban J connectivity index is 2.07. The molecule has 9 heteroatoms. The van der Waals surface area contributed by atoms with E-state index < -0.39 is 0 Å². The lowest BCUT2D eigenvalue weighted by Crippen LogP contribution is -2.15. The van der Waals surface area contributed by atoms with Crippen LogP contribution in [0.4, 0.5) is 5.69 Å². The number of rotatable bonds is 8. The highest BCUT2D eigenvalue weighted by Crippen LogP contribution is 2.39. The second-order valence-corrected chi connectivity index (χ2v) is 5.97. The van der Waals surface area contributed by atoms with Crippen LogP contribution in [-0.4, -0.2) is 47.8 Å². The van der Waals surface area contributed by atoms with Gasteiger partial charge >= 0.3 is 0 Å². The largest absolute Gasteiger partial charge is 0.493 e. The highest BCUT2D eigenvalue weighted by molar-refractivity contribution is 7.99. The molecule has 2 aromatic rings. The molecule has 0 radical (unpaired) electrons. The Labute approximate surface area is 150 Å². The van der Waals surface area contributed by atoms with E-state index >= 15 is 0 Å². The third-order valence-electron chi connectivity index (χ3n) is 3.50. The van der Waals surface area contributed by atoms with Crippen LogP contribution in [0.3, 0.4) is 0 Å². The van der Waals surface area contributed by atoms with Crippen LogP contribution in [0.1, 0.15) is 12.7 Å². The van der Waals surface area contributed by atoms with Crippen LogP contribution < -0.4 is 19.5 Å². The number of hydrogen-bond acceptors (Lipinski definition) is 7. The standard InChI is InChI=1S/C16H22N4O4S/c1-6-20-10(2)18-19-16(20)25-9-14(21)17-11-7-12(22-3)15(24-5)13(8-11)23-4/h7-8H,6,9H2,1-5H3,(H,17,21). The summed E-state index contributed by atoms with van der Waals surface area (Å²) in [7, 11) is 4.58. The van der Waals surface area contributed by atoms with E-state index in [1.165, 1.54) is 33.1 Å². The summed E-state index contributed by atoms with van der Waals surface area (Å²) in [6.07, 6.45) is 0. The van der Waals surface area contributed by atoms with Crippen molar-refractivity contribution in [1.82, 2.24) is 14.8 Å². The summed E-state index contributed by atoms with van der Waals surface area (Å²) in [5.41, 5.74) is 0.563. The Kier molecular flexibility index (Phi) is 6.51. The van der Waals surface area contributed by atoms with Crippen LogP contribution in [-0.2, 0) is 11.3 Å². The van der Waals surface area contributed by atoms with Gasteiger partial charge in [-0.2, -0.15) is 0 Å².